The van der Waals surface area contributed by atoms with Crippen LogP contribution in [0.2, 0.25) is 0 Å². The first-order chi connectivity index (χ1) is 11.0. The maximum atomic E-state index is 11.9. The van der Waals surface area contributed by atoms with E-state index in [0.29, 0.717) is 11.0 Å². The zero-order valence-electron chi connectivity index (χ0n) is 11.9. The summed E-state index contributed by atoms with van der Waals surface area (Å²) < 4.78 is 15.6. The number of hydrogen-bond acceptors (Lipinski definition) is 8. The molecule has 1 saturated heterocycles. The Morgan fingerprint density at radius 3 is 2.57 bits per heavy atom. The predicted molar refractivity (Wildman–Crippen MR) is 76.9 cm³/mol. The Balaban J connectivity index is 1.88. The smallest absolute Gasteiger partial charge is 0.379 e. The lowest BCUT2D eigenvalue weighted by molar-refractivity contribution is -0.277. The summed E-state index contributed by atoms with van der Waals surface area (Å²) in [4.78, 5) is 11.9. The van der Waals surface area contributed by atoms with Crippen molar-refractivity contribution in [3.8, 4) is 5.75 Å². The summed E-state index contributed by atoms with van der Waals surface area (Å²) in [5.74, 6) is -0.215. The van der Waals surface area contributed by atoms with Crippen LogP contribution in [0.3, 0.4) is 0 Å². The highest BCUT2D eigenvalue weighted by molar-refractivity contribution is 5.77. The summed E-state index contributed by atoms with van der Waals surface area (Å²) in [6.07, 6.45) is -7.24. The van der Waals surface area contributed by atoms with Gasteiger partial charge in [0, 0.05) is 5.39 Å². The van der Waals surface area contributed by atoms with Gasteiger partial charge in [-0.1, -0.05) is 18.2 Å². The van der Waals surface area contributed by atoms with E-state index in [2.05, 4.69) is 0 Å². The summed E-state index contributed by atoms with van der Waals surface area (Å²) in [5, 5.41) is 39.1. The second kappa shape index (κ2) is 6.26. The average Bonchev–Trinajstić information content (AvgIpc) is 2.56. The summed E-state index contributed by atoms with van der Waals surface area (Å²) in [7, 11) is 0. The molecule has 124 valence electrons. The Labute approximate surface area is 130 Å². The Hall–Kier alpha value is -1.97. The number of fused-ring (bicyclic) bond motifs is 1. The summed E-state index contributed by atoms with van der Waals surface area (Å²) >= 11 is 0. The Morgan fingerprint density at radius 2 is 1.83 bits per heavy atom. The van der Waals surface area contributed by atoms with Crippen molar-refractivity contribution in [2.24, 2.45) is 0 Å². The van der Waals surface area contributed by atoms with Crippen molar-refractivity contribution in [2.45, 2.75) is 30.7 Å². The minimum Gasteiger partial charge on any atom is -0.454 e. The van der Waals surface area contributed by atoms with Crippen LogP contribution in [0.25, 0.3) is 11.0 Å². The maximum Gasteiger partial charge on any atom is 0.379 e. The van der Waals surface area contributed by atoms with Gasteiger partial charge in [-0.3, -0.25) is 0 Å². The SMILES string of the molecule is O=c1oc2ccccc2cc1OC1O[C@H](CO)[C@@H](O)[C@H](O)[C@H]1O. The number of ether oxygens (including phenoxy) is 2. The van der Waals surface area contributed by atoms with Crippen LogP contribution >= 0.6 is 0 Å². The quantitative estimate of drug-likeness (QED) is 0.528. The molecule has 4 N–H and O–H groups in total. The zero-order valence-corrected chi connectivity index (χ0v) is 11.9. The summed E-state index contributed by atoms with van der Waals surface area (Å²) in [5.41, 5.74) is -0.403. The van der Waals surface area contributed by atoms with Crippen LogP contribution in [0.5, 0.6) is 5.75 Å². The molecule has 1 unspecified atom stereocenters. The van der Waals surface area contributed by atoms with E-state index in [9.17, 15) is 20.1 Å². The minimum atomic E-state index is -1.60. The molecular formula is C15H16O8. The lowest BCUT2D eigenvalue weighted by Gasteiger charge is -2.39. The lowest BCUT2D eigenvalue weighted by Crippen LogP contribution is -2.60. The minimum absolute atomic E-state index is 0.215. The molecule has 0 aliphatic carbocycles. The fraction of sp³-hybridized carbons (Fsp3) is 0.400. The third-order valence-corrected chi connectivity index (χ3v) is 3.70. The number of para-hydroxylation sites is 1. The molecular weight excluding hydrogens is 308 g/mol. The summed E-state index contributed by atoms with van der Waals surface area (Å²) in [6, 6.07) is 8.21. The largest absolute Gasteiger partial charge is 0.454 e. The molecule has 0 bridgehead atoms. The monoisotopic (exact) mass is 324 g/mol. The molecule has 0 radical (unpaired) electrons. The van der Waals surface area contributed by atoms with Crippen molar-refractivity contribution >= 4 is 11.0 Å². The van der Waals surface area contributed by atoms with Crippen LogP contribution in [0, 0.1) is 0 Å². The van der Waals surface area contributed by atoms with E-state index >= 15 is 0 Å². The maximum absolute atomic E-state index is 11.9. The Kier molecular flexibility index (Phi) is 4.33. The Bertz CT molecular complexity index is 740. The fourth-order valence-corrected chi connectivity index (χ4v) is 2.42. The molecule has 0 saturated carbocycles. The van der Waals surface area contributed by atoms with Gasteiger partial charge in [-0.2, -0.15) is 0 Å². The van der Waals surface area contributed by atoms with Crippen molar-refractivity contribution < 1.29 is 34.3 Å². The molecule has 1 fully saturated rings. The van der Waals surface area contributed by atoms with Gasteiger partial charge in [0.2, 0.25) is 12.0 Å². The highest BCUT2D eigenvalue weighted by atomic mass is 16.7. The number of aliphatic hydroxyl groups excluding tert-OH is 4. The van der Waals surface area contributed by atoms with Gasteiger partial charge < -0.3 is 34.3 Å². The number of benzene rings is 1. The molecule has 2 aromatic rings. The third-order valence-electron chi connectivity index (χ3n) is 3.70. The molecule has 23 heavy (non-hydrogen) atoms. The highest BCUT2D eigenvalue weighted by Gasteiger charge is 2.45. The van der Waals surface area contributed by atoms with Gasteiger partial charge in [0.15, 0.2) is 0 Å². The van der Waals surface area contributed by atoms with E-state index < -0.39 is 42.9 Å². The van der Waals surface area contributed by atoms with E-state index in [-0.39, 0.29) is 5.75 Å². The van der Waals surface area contributed by atoms with Crippen LogP contribution in [0.1, 0.15) is 0 Å². The number of hydrogen-bond donors (Lipinski definition) is 4. The van der Waals surface area contributed by atoms with Gasteiger partial charge in [0.25, 0.3) is 0 Å². The zero-order chi connectivity index (χ0) is 16.6. The number of aliphatic hydroxyl groups is 4. The van der Waals surface area contributed by atoms with Crippen molar-refractivity contribution in [3.05, 3.63) is 40.8 Å². The van der Waals surface area contributed by atoms with Crippen LogP contribution in [-0.2, 0) is 4.74 Å². The molecule has 5 atom stereocenters. The van der Waals surface area contributed by atoms with Crippen molar-refractivity contribution in [3.63, 3.8) is 0 Å². The molecule has 8 nitrogen and oxygen atoms in total. The molecule has 3 rings (SSSR count). The van der Waals surface area contributed by atoms with Crippen LogP contribution in [0.15, 0.2) is 39.5 Å². The first-order valence-corrected chi connectivity index (χ1v) is 7.01. The second-order valence-electron chi connectivity index (χ2n) is 5.25. The summed E-state index contributed by atoms with van der Waals surface area (Å²) in [6.45, 7) is -0.586. The third kappa shape index (κ3) is 2.94. The highest BCUT2D eigenvalue weighted by Crippen LogP contribution is 2.24. The lowest BCUT2D eigenvalue weighted by atomic mass is 9.99. The van der Waals surface area contributed by atoms with Gasteiger partial charge >= 0.3 is 5.63 Å². The molecule has 0 spiro atoms. The van der Waals surface area contributed by atoms with E-state index in [4.69, 9.17) is 19.0 Å². The fourth-order valence-electron chi connectivity index (χ4n) is 2.42. The number of rotatable bonds is 3. The van der Waals surface area contributed by atoms with E-state index in [1.807, 2.05) is 0 Å². The molecule has 1 aromatic heterocycles. The van der Waals surface area contributed by atoms with Crippen molar-refractivity contribution in [1.29, 1.82) is 0 Å². The van der Waals surface area contributed by atoms with E-state index in [1.54, 1.807) is 24.3 Å². The van der Waals surface area contributed by atoms with Gasteiger partial charge in [0.1, 0.15) is 30.0 Å². The van der Waals surface area contributed by atoms with Crippen molar-refractivity contribution in [2.75, 3.05) is 6.61 Å². The molecule has 0 amide bonds. The van der Waals surface area contributed by atoms with Gasteiger partial charge in [0.05, 0.1) is 6.61 Å². The molecule has 1 aliphatic rings. The predicted octanol–water partition coefficient (Wildman–Crippen LogP) is -1.03. The van der Waals surface area contributed by atoms with Crippen LogP contribution in [0.4, 0.5) is 0 Å². The molecule has 8 heteroatoms. The van der Waals surface area contributed by atoms with E-state index in [1.165, 1.54) is 6.07 Å². The van der Waals surface area contributed by atoms with Crippen LogP contribution < -0.4 is 10.4 Å². The van der Waals surface area contributed by atoms with Gasteiger partial charge in [-0.25, -0.2) is 4.79 Å². The first-order valence-electron chi connectivity index (χ1n) is 7.01. The molecule has 2 heterocycles. The molecule has 1 aliphatic heterocycles. The Morgan fingerprint density at radius 1 is 1.09 bits per heavy atom. The van der Waals surface area contributed by atoms with E-state index in [0.717, 1.165) is 0 Å². The van der Waals surface area contributed by atoms with Gasteiger partial charge in [-0.05, 0) is 12.1 Å². The van der Waals surface area contributed by atoms with Gasteiger partial charge in [-0.15, -0.1) is 0 Å². The van der Waals surface area contributed by atoms with Crippen LogP contribution in [-0.4, -0.2) is 57.7 Å². The standard InChI is InChI=1S/C15H16O8/c16-6-10-11(17)12(18)13(19)15(23-10)22-9-5-7-3-1-2-4-8(7)21-14(9)20/h1-5,10-13,15-19H,6H2/t10-,11-,12+,13-,15?/m1/s1. The molecule has 1 aromatic carbocycles. The first kappa shape index (κ1) is 15.9. The second-order valence-corrected chi connectivity index (χ2v) is 5.25. The average molecular weight is 324 g/mol. The normalized spacial score (nSPS) is 31.2. The topological polar surface area (TPSA) is 130 Å². The van der Waals surface area contributed by atoms with Crippen molar-refractivity contribution in [1.82, 2.24) is 0 Å².